The van der Waals surface area contributed by atoms with Gasteiger partial charge in [0, 0.05) is 0 Å². The first-order valence-electron chi connectivity index (χ1n) is 3.18. The van der Waals surface area contributed by atoms with Crippen LogP contribution in [0.4, 0.5) is 0 Å². The van der Waals surface area contributed by atoms with Crippen molar-refractivity contribution in [1.82, 2.24) is 0 Å². The van der Waals surface area contributed by atoms with E-state index in [2.05, 4.69) is 27.7 Å². The maximum Gasteiger partial charge on any atom is -0.00465 e. The lowest BCUT2D eigenvalue weighted by Crippen LogP contribution is -2.24. The molecule has 0 aliphatic carbocycles. The second-order valence-corrected chi connectivity index (χ2v) is 3.50. The molecule has 0 radical (unpaired) electrons. The lowest BCUT2D eigenvalue weighted by Gasteiger charge is -2.25. The number of rotatable bonds is 1. The second kappa shape index (κ2) is 2.49. The molecule has 1 nitrogen and oxygen atoms in total. The number of nitrogens with two attached hydrogens (primary N) is 1. The lowest BCUT2D eigenvalue weighted by molar-refractivity contribution is 0.269. The average Bonchev–Trinajstić information content (AvgIpc) is 1.62. The molecule has 8 heavy (non-hydrogen) atoms. The third-order valence-electron chi connectivity index (χ3n) is 1.83. The van der Waals surface area contributed by atoms with Crippen molar-refractivity contribution >= 4 is 0 Å². The predicted molar refractivity (Wildman–Crippen MR) is 37.7 cm³/mol. The zero-order chi connectivity index (χ0) is 6.78. The van der Waals surface area contributed by atoms with E-state index >= 15 is 0 Å². The summed E-state index contributed by atoms with van der Waals surface area (Å²) < 4.78 is 0. The molecule has 50 valence electrons. The smallest absolute Gasteiger partial charge is 0.00465 e. The Morgan fingerprint density at radius 1 is 1.38 bits per heavy atom. The van der Waals surface area contributed by atoms with Crippen LogP contribution in [-0.4, -0.2) is 6.54 Å². The Labute approximate surface area is 52.3 Å². The summed E-state index contributed by atoms with van der Waals surface area (Å²) in [7, 11) is 0. The van der Waals surface area contributed by atoms with Crippen molar-refractivity contribution in [3.63, 3.8) is 0 Å². The summed E-state index contributed by atoms with van der Waals surface area (Å²) in [5, 5.41) is 0. The fourth-order valence-corrected chi connectivity index (χ4v) is 0.354. The molecule has 0 bridgehead atoms. The molecule has 0 amide bonds. The van der Waals surface area contributed by atoms with Crippen LogP contribution in [0.2, 0.25) is 0 Å². The van der Waals surface area contributed by atoms with Crippen LogP contribution in [0.15, 0.2) is 0 Å². The first-order valence-corrected chi connectivity index (χ1v) is 3.18. The van der Waals surface area contributed by atoms with E-state index in [9.17, 15) is 0 Å². The minimum atomic E-state index is 0.384. The van der Waals surface area contributed by atoms with E-state index in [0.717, 1.165) is 6.54 Å². The average molecular weight is 115 g/mol. The standard InChI is InChI=1S/C7H17N/c1-6(5-8)7(2,3)4/h6H,5,8H2,1-4H3/t6-/m1/s1. The zero-order valence-corrected chi connectivity index (χ0v) is 6.36. The molecular weight excluding hydrogens is 98.1 g/mol. The second-order valence-electron chi connectivity index (χ2n) is 3.50. The van der Waals surface area contributed by atoms with Crippen molar-refractivity contribution < 1.29 is 0 Å². The van der Waals surface area contributed by atoms with E-state index in [0.29, 0.717) is 11.3 Å². The molecule has 0 saturated carbocycles. The summed E-state index contributed by atoms with van der Waals surface area (Å²) in [5.41, 5.74) is 5.84. The molecule has 1 atom stereocenters. The van der Waals surface area contributed by atoms with E-state index in [4.69, 9.17) is 5.73 Å². The third-order valence-corrected chi connectivity index (χ3v) is 1.83. The highest BCUT2D eigenvalue weighted by atomic mass is 14.6. The van der Waals surface area contributed by atoms with E-state index in [1.807, 2.05) is 0 Å². The van der Waals surface area contributed by atoms with Gasteiger partial charge < -0.3 is 5.73 Å². The molecule has 0 rings (SSSR count). The van der Waals surface area contributed by atoms with E-state index in [1.165, 1.54) is 0 Å². The Bertz CT molecular complexity index is 61.3. The molecule has 2 N–H and O–H groups in total. The molecule has 0 heterocycles. The van der Waals surface area contributed by atoms with Gasteiger partial charge in [-0.1, -0.05) is 27.7 Å². The van der Waals surface area contributed by atoms with E-state index in [-0.39, 0.29) is 0 Å². The molecular formula is C7H17N. The first kappa shape index (κ1) is 7.96. The van der Waals surface area contributed by atoms with Crippen molar-refractivity contribution in [2.45, 2.75) is 27.7 Å². The summed E-state index contributed by atoms with van der Waals surface area (Å²) in [5.74, 6) is 0.627. The van der Waals surface area contributed by atoms with Crippen molar-refractivity contribution in [2.24, 2.45) is 17.1 Å². The fourth-order valence-electron chi connectivity index (χ4n) is 0.354. The fraction of sp³-hybridized carbons (Fsp3) is 1.00. The Morgan fingerprint density at radius 2 is 1.75 bits per heavy atom. The van der Waals surface area contributed by atoms with Crippen molar-refractivity contribution in [2.75, 3.05) is 6.54 Å². The predicted octanol–water partition coefficient (Wildman–Crippen LogP) is 1.63. The molecule has 0 unspecified atom stereocenters. The number of hydrogen-bond acceptors (Lipinski definition) is 1. The Morgan fingerprint density at radius 3 is 1.75 bits per heavy atom. The Hall–Kier alpha value is -0.0400. The van der Waals surface area contributed by atoms with Crippen molar-refractivity contribution in [3.8, 4) is 0 Å². The molecule has 0 aromatic rings. The quantitative estimate of drug-likeness (QED) is 0.552. The van der Waals surface area contributed by atoms with Crippen LogP contribution >= 0.6 is 0 Å². The molecule has 0 aliphatic rings. The van der Waals surface area contributed by atoms with Crippen LogP contribution < -0.4 is 5.73 Å². The highest BCUT2D eigenvalue weighted by molar-refractivity contribution is 4.69. The van der Waals surface area contributed by atoms with Crippen LogP contribution in [0.1, 0.15) is 27.7 Å². The van der Waals surface area contributed by atoms with E-state index < -0.39 is 0 Å². The summed E-state index contributed by atoms with van der Waals surface area (Å²) in [4.78, 5) is 0. The molecule has 0 spiro atoms. The van der Waals surface area contributed by atoms with Gasteiger partial charge in [-0.2, -0.15) is 0 Å². The van der Waals surface area contributed by atoms with Crippen LogP contribution in [-0.2, 0) is 0 Å². The van der Waals surface area contributed by atoms with Crippen LogP contribution in [0.3, 0.4) is 0 Å². The molecule has 0 fully saturated rings. The normalized spacial score (nSPS) is 16.1. The summed E-state index contributed by atoms with van der Waals surface area (Å²) in [6, 6.07) is 0. The molecule has 1 heteroatoms. The molecule has 0 saturated heterocycles. The highest BCUT2D eigenvalue weighted by Gasteiger charge is 2.17. The van der Waals surface area contributed by atoms with Gasteiger partial charge in [0.05, 0.1) is 0 Å². The van der Waals surface area contributed by atoms with Gasteiger partial charge in [-0.15, -0.1) is 0 Å². The minimum absolute atomic E-state index is 0.384. The first-order chi connectivity index (χ1) is 3.48. The van der Waals surface area contributed by atoms with Gasteiger partial charge >= 0.3 is 0 Å². The summed E-state index contributed by atoms with van der Waals surface area (Å²) in [6.45, 7) is 9.61. The highest BCUT2D eigenvalue weighted by Crippen LogP contribution is 2.23. The van der Waals surface area contributed by atoms with Gasteiger partial charge in [-0.3, -0.25) is 0 Å². The summed E-state index contributed by atoms with van der Waals surface area (Å²) >= 11 is 0. The monoisotopic (exact) mass is 115 g/mol. The van der Waals surface area contributed by atoms with Gasteiger partial charge in [0.25, 0.3) is 0 Å². The third kappa shape index (κ3) is 2.31. The van der Waals surface area contributed by atoms with E-state index in [1.54, 1.807) is 0 Å². The largest absolute Gasteiger partial charge is 0.330 e. The van der Waals surface area contributed by atoms with Gasteiger partial charge in [0.1, 0.15) is 0 Å². The molecule has 0 aromatic carbocycles. The lowest BCUT2D eigenvalue weighted by atomic mass is 9.82. The maximum absolute atomic E-state index is 5.46. The zero-order valence-electron chi connectivity index (χ0n) is 6.36. The van der Waals surface area contributed by atoms with Gasteiger partial charge in [0.2, 0.25) is 0 Å². The van der Waals surface area contributed by atoms with Crippen molar-refractivity contribution in [1.29, 1.82) is 0 Å². The Kier molecular flexibility index (Phi) is 2.48. The molecule has 0 aromatic heterocycles. The topological polar surface area (TPSA) is 26.0 Å². The summed E-state index contributed by atoms with van der Waals surface area (Å²) in [6.07, 6.45) is 0. The van der Waals surface area contributed by atoms with Gasteiger partial charge in [0.15, 0.2) is 0 Å². The Balaban J connectivity index is 3.62. The van der Waals surface area contributed by atoms with Crippen LogP contribution in [0.25, 0.3) is 0 Å². The SMILES string of the molecule is C[C@H](CN)C(C)(C)C. The number of hydrogen-bond donors (Lipinski definition) is 1. The molecule has 0 aliphatic heterocycles. The van der Waals surface area contributed by atoms with Gasteiger partial charge in [-0.25, -0.2) is 0 Å². The van der Waals surface area contributed by atoms with Crippen LogP contribution in [0, 0.1) is 11.3 Å². The van der Waals surface area contributed by atoms with Crippen molar-refractivity contribution in [3.05, 3.63) is 0 Å². The minimum Gasteiger partial charge on any atom is -0.330 e. The van der Waals surface area contributed by atoms with Crippen LogP contribution in [0.5, 0.6) is 0 Å². The maximum atomic E-state index is 5.46. The van der Waals surface area contributed by atoms with Gasteiger partial charge in [-0.05, 0) is 17.9 Å².